The number of pyridine rings is 1. The largest absolute Gasteiger partial charge is 0.396 e. The summed E-state index contributed by atoms with van der Waals surface area (Å²) in [6.45, 7) is -0.0114. The van der Waals surface area contributed by atoms with Crippen molar-refractivity contribution < 1.29 is 5.11 Å². The molecule has 0 radical (unpaired) electrons. The molecular formula is C14H16ClN3O. The third-order valence-electron chi connectivity index (χ3n) is 2.78. The summed E-state index contributed by atoms with van der Waals surface area (Å²) in [6.07, 6.45) is 0.685. The molecule has 2 aromatic rings. The fourth-order valence-electron chi connectivity index (χ4n) is 1.81. The summed E-state index contributed by atoms with van der Waals surface area (Å²) < 4.78 is 0. The van der Waals surface area contributed by atoms with Crippen LogP contribution in [0.15, 0.2) is 42.5 Å². The van der Waals surface area contributed by atoms with Crippen LogP contribution in [0.5, 0.6) is 0 Å². The zero-order valence-corrected chi connectivity index (χ0v) is 11.1. The number of nitrogen functional groups attached to an aromatic ring is 1. The molecule has 0 aliphatic heterocycles. The molecule has 4 nitrogen and oxygen atoms in total. The molecule has 5 heteroatoms. The number of halogens is 1. The Kier molecular flexibility index (Phi) is 4.60. The van der Waals surface area contributed by atoms with E-state index in [0.29, 0.717) is 23.1 Å². The Bertz CT molecular complexity index is 533. The SMILES string of the molecule is Nc1ccc(Cl)nc1NC(CO)Cc1ccccc1. The van der Waals surface area contributed by atoms with Gasteiger partial charge in [0.2, 0.25) is 0 Å². The van der Waals surface area contributed by atoms with Crippen LogP contribution < -0.4 is 11.1 Å². The molecule has 19 heavy (non-hydrogen) atoms. The summed E-state index contributed by atoms with van der Waals surface area (Å²) in [5.41, 5.74) is 7.46. The van der Waals surface area contributed by atoms with Gasteiger partial charge in [-0.25, -0.2) is 4.98 Å². The molecule has 4 N–H and O–H groups in total. The first-order valence-corrected chi connectivity index (χ1v) is 6.40. The van der Waals surface area contributed by atoms with E-state index in [0.717, 1.165) is 5.56 Å². The lowest BCUT2D eigenvalue weighted by molar-refractivity contribution is 0.273. The molecule has 100 valence electrons. The molecule has 0 saturated carbocycles. The molecule has 0 saturated heterocycles. The molecule has 0 aliphatic rings. The second-order valence-corrected chi connectivity index (χ2v) is 4.67. The van der Waals surface area contributed by atoms with Crippen LogP contribution in [0.25, 0.3) is 0 Å². The van der Waals surface area contributed by atoms with Crippen LogP contribution in [0.2, 0.25) is 5.15 Å². The van der Waals surface area contributed by atoms with Gasteiger partial charge in [-0.15, -0.1) is 0 Å². The Morgan fingerprint density at radius 2 is 1.95 bits per heavy atom. The highest BCUT2D eigenvalue weighted by molar-refractivity contribution is 6.29. The maximum atomic E-state index is 9.44. The Morgan fingerprint density at radius 1 is 1.21 bits per heavy atom. The monoisotopic (exact) mass is 277 g/mol. The van der Waals surface area contributed by atoms with Gasteiger partial charge >= 0.3 is 0 Å². The molecule has 1 aromatic heterocycles. The number of nitrogens with zero attached hydrogens (tertiary/aromatic N) is 1. The highest BCUT2D eigenvalue weighted by Crippen LogP contribution is 2.19. The van der Waals surface area contributed by atoms with E-state index in [1.165, 1.54) is 0 Å². The van der Waals surface area contributed by atoms with Crippen LogP contribution in [-0.2, 0) is 6.42 Å². The number of hydrogen-bond acceptors (Lipinski definition) is 4. The topological polar surface area (TPSA) is 71.2 Å². The fraction of sp³-hybridized carbons (Fsp3) is 0.214. The van der Waals surface area contributed by atoms with Gasteiger partial charge in [0.05, 0.1) is 18.3 Å². The summed E-state index contributed by atoms with van der Waals surface area (Å²) in [7, 11) is 0. The molecule has 0 spiro atoms. The molecule has 1 unspecified atom stereocenters. The van der Waals surface area contributed by atoms with Crippen LogP contribution >= 0.6 is 11.6 Å². The first-order valence-electron chi connectivity index (χ1n) is 6.02. The van der Waals surface area contributed by atoms with Crippen LogP contribution in [0, 0.1) is 0 Å². The third kappa shape index (κ3) is 3.84. The predicted octanol–water partition coefficient (Wildman–Crippen LogP) is 2.33. The number of nitrogens with one attached hydrogen (secondary N) is 1. The molecule has 1 heterocycles. The number of rotatable bonds is 5. The van der Waals surface area contributed by atoms with Crippen molar-refractivity contribution in [1.82, 2.24) is 4.98 Å². The zero-order valence-electron chi connectivity index (χ0n) is 10.4. The van der Waals surface area contributed by atoms with E-state index >= 15 is 0 Å². The van der Waals surface area contributed by atoms with Gasteiger partial charge in [-0.05, 0) is 24.1 Å². The van der Waals surface area contributed by atoms with E-state index in [-0.39, 0.29) is 12.6 Å². The van der Waals surface area contributed by atoms with Gasteiger partial charge in [0.15, 0.2) is 5.82 Å². The number of aliphatic hydroxyl groups excluding tert-OH is 1. The summed E-state index contributed by atoms with van der Waals surface area (Å²) in [5, 5.41) is 12.9. The molecule has 1 atom stereocenters. The average Bonchev–Trinajstić information content (AvgIpc) is 2.43. The van der Waals surface area contributed by atoms with E-state index in [1.54, 1.807) is 12.1 Å². The van der Waals surface area contributed by atoms with Gasteiger partial charge in [-0.2, -0.15) is 0 Å². The summed E-state index contributed by atoms with van der Waals surface area (Å²) in [4.78, 5) is 4.12. The second-order valence-electron chi connectivity index (χ2n) is 4.29. The summed E-state index contributed by atoms with van der Waals surface area (Å²) in [6, 6.07) is 13.1. The third-order valence-corrected chi connectivity index (χ3v) is 2.99. The van der Waals surface area contributed by atoms with Crippen molar-refractivity contribution in [3.8, 4) is 0 Å². The van der Waals surface area contributed by atoms with Crippen LogP contribution in [0.3, 0.4) is 0 Å². The van der Waals surface area contributed by atoms with Gasteiger partial charge in [-0.1, -0.05) is 41.9 Å². The van der Waals surface area contributed by atoms with Crippen LogP contribution in [-0.4, -0.2) is 22.7 Å². The van der Waals surface area contributed by atoms with E-state index in [4.69, 9.17) is 17.3 Å². The Balaban J connectivity index is 2.09. The lowest BCUT2D eigenvalue weighted by Crippen LogP contribution is -2.27. The van der Waals surface area contributed by atoms with E-state index < -0.39 is 0 Å². The first kappa shape index (κ1) is 13.6. The van der Waals surface area contributed by atoms with Crippen LogP contribution in [0.1, 0.15) is 5.56 Å². The number of anilines is 2. The van der Waals surface area contributed by atoms with Gasteiger partial charge in [-0.3, -0.25) is 0 Å². The highest BCUT2D eigenvalue weighted by atomic mass is 35.5. The van der Waals surface area contributed by atoms with Crippen molar-refractivity contribution in [2.24, 2.45) is 0 Å². The number of aromatic nitrogens is 1. The first-order chi connectivity index (χ1) is 9.19. The lowest BCUT2D eigenvalue weighted by atomic mass is 10.1. The molecule has 0 bridgehead atoms. The van der Waals surface area contributed by atoms with Crippen molar-refractivity contribution in [1.29, 1.82) is 0 Å². The van der Waals surface area contributed by atoms with Gasteiger partial charge < -0.3 is 16.2 Å². The van der Waals surface area contributed by atoms with Crippen molar-refractivity contribution in [3.63, 3.8) is 0 Å². The standard InChI is InChI=1S/C14H16ClN3O/c15-13-7-6-12(16)14(18-13)17-11(9-19)8-10-4-2-1-3-5-10/h1-7,11,19H,8-9,16H2,(H,17,18). The minimum Gasteiger partial charge on any atom is -0.396 e. The minimum atomic E-state index is -0.157. The van der Waals surface area contributed by atoms with Crippen molar-refractivity contribution >= 4 is 23.1 Å². The average molecular weight is 278 g/mol. The van der Waals surface area contributed by atoms with Crippen molar-refractivity contribution in [2.45, 2.75) is 12.5 Å². The molecule has 1 aromatic carbocycles. The second kappa shape index (κ2) is 6.41. The fourth-order valence-corrected chi connectivity index (χ4v) is 1.96. The highest BCUT2D eigenvalue weighted by Gasteiger charge is 2.11. The van der Waals surface area contributed by atoms with E-state index in [1.807, 2.05) is 30.3 Å². The number of aliphatic hydroxyl groups is 1. The number of benzene rings is 1. The maximum absolute atomic E-state index is 9.44. The maximum Gasteiger partial charge on any atom is 0.151 e. The quantitative estimate of drug-likeness (QED) is 0.734. The predicted molar refractivity (Wildman–Crippen MR) is 78.3 cm³/mol. The lowest BCUT2D eigenvalue weighted by Gasteiger charge is -2.18. The van der Waals surface area contributed by atoms with E-state index in [2.05, 4.69) is 10.3 Å². The summed E-state index contributed by atoms with van der Waals surface area (Å²) in [5.74, 6) is 0.502. The van der Waals surface area contributed by atoms with Gasteiger partial charge in [0.25, 0.3) is 0 Å². The van der Waals surface area contributed by atoms with Gasteiger partial charge in [0, 0.05) is 0 Å². The Hall–Kier alpha value is -1.78. The molecule has 0 amide bonds. The van der Waals surface area contributed by atoms with Gasteiger partial charge in [0.1, 0.15) is 5.15 Å². The Morgan fingerprint density at radius 3 is 2.63 bits per heavy atom. The molecule has 0 fully saturated rings. The molecule has 0 aliphatic carbocycles. The van der Waals surface area contributed by atoms with Crippen molar-refractivity contribution in [3.05, 3.63) is 53.2 Å². The Labute approximate surface area is 117 Å². The minimum absolute atomic E-state index is 0.0114. The molecular weight excluding hydrogens is 262 g/mol. The number of nitrogens with two attached hydrogens (primary N) is 1. The van der Waals surface area contributed by atoms with Crippen LogP contribution in [0.4, 0.5) is 11.5 Å². The number of hydrogen-bond donors (Lipinski definition) is 3. The summed E-state index contributed by atoms with van der Waals surface area (Å²) >= 11 is 5.83. The molecule has 2 rings (SSSR count). The van der Waals surface area contributed by atoms with E-state index in [9.17, 15) is 5.11 Å². The normalized spacial score (nSPS) is 12.1. The zero-order chi connectivity index (χ0) is 13.7. The smallest absolute Gasteiger partial charge is 0.151 e. The van der Waals surface area contributed by atoms with Crippen molar-refractivity contribution in [2.75, 3.05) is 17.7 Å².